The monoisotopic (exact) mass is 462 g/mol. The first-order valence-electron chi connectivity index (χ1n) is 10.4. The van der Waals surface area contributed by atoms with Crippen molar-refractivity contribution in [1.82, 2.24) is 4.31 Å². The fourth-order valence-electron chi connectivity index (χ4n) is 3.67. The number of nitrogens with zero attached hydrogens (tertiary/aromatic N) is 2. The second kappa shape index (κ2) is 9.96. The highest BCUT2D eigenvalue weighted by molar-refractivity contribution is 7.89. The predicted molar refractivity (Wildman–Crippen MR) is 122 cm³/mol. The zero-order valence-electron chi connectivity index (χ0n) is 17.8. The van der Waals surface area contributed by atoms with Crippen LogP contribution in [0.2, 0.25) is 0 Å². The third-order valence-corrected chi connectivity index (χ3v) is 7.26. The second-order valence-electron chi connectivity index (χ2n) is 7.44. The molecule has 0 amide bonds. The Morgan fingerprint density at radius 3 is 2.42 bits per heavy atom. The van der Waals surface area contributed by atoms with Crippen molar-refractivity contribution in [2.45, 2.75) is 11.5 Å². The van der Waals surface area contributed by atoms with Crippen molar-refractivity contribution in [3.05, 3.63) is 89.5 Å². The van der Waals surface area contributed by atoms with E-state index in [1.165, 1.54) is 16.4 Å². The number of carbonyl (C=O) groups is 1. The van der Waals surface area contributed by atoms with Crippen LogP contribution in [0, 0.1) is 11.3 Å². The van der Waals surface area contributed by atoms with E-state index in [1.54, 1.807) is 60.7 Å². The molecule has 1 aliphatic rings. The van der Waals surface area contributed by atoms with Gasteiger partial charge in [-0.1, -0.05) is 48.5 Å². The first kappa shape index (κ1) is 22.7. The van der Waals surface area contributed by atoms with Gasteiger partial charge in [0.25, 0.3) is 0 Å². The van der Waals surface area contributed by atoms with Gasteiger partial charge in [-0.15, -0.1) is 0 Å². The summed E-state index contributed by atoms with van der Waals surface area (Å²) < 4.78 is 37.9. The number of nitriles is 1. The maximum atomic E-state index is 12.9. The van der Waals surface area contributed by atoms with Crippen LogP contribution < -0.4 is 0 Å². The number of morpholine rings is 1. The normalized spacial score (nSPS) is 14.4. The van der Waals surface area contributed by atoms with Gasteiger partial charge in [-0.2, -0.15) is 9.57 Å². The van der Waals surface area contributed by atoms with E-state index >= 15 is 0 Å². The summed E-state index contributed by atoms with van der Waals surface area (Å²) in [5.74, 6) is -0.556. The highest BCUT2D eigenvalue weighted by atomic mass is 32.2. The molecule has 0 N–H and O–H groups in total. The Kier molecular flexibility index (Phi) is 6.84. The van der Waals surface area contributed by atoms with E-state index in [0.29, 0.717) is 54.1 Å². The molecule has 168 valence electrons. The lowest BCUT2D eigenvalue weighted by atomic mass is 9.96. The number of hydrogen-bond acceptors (Lipinski definition) is 6. The van der Waals surface area contributed by atoms with Crippen molar-refractivity contribution in [2.75, 3.05) is 26.3 Å². The molecule has 0 aliphatic carbocycles. The molecule has 3 aromatic carbocycles. The number of ether oxygens (including phenoxy) is 2. The van der Waals surface area contributed by atoms with E-state index in [9.17, 15) is 18.5 Å². The second-order valence-corrected chi connectivity index (χ2v) is 9.38. The maximum Gasteiger partial charge on any atom is 0.339 e. The highest BCUT2D eigenvalue weighted by Crippen LogP contribution is 2.28. The van der Waals surface area contributed by atoms with Crippen molar-refractivity contribution < 1.29 is 22.7 Å². The van der Waals surface area contributed by atoms with Crippen LogP contribution in [0.15, 0.2) is 77.7 Å². The largest absolute Gasteiger partial charge is 0.457 e. The van der Waals surface area contributed by atoms with Crippen molar-refractivity contribution in [3.63, 3.8) is 0 Å². The van der Waals surface area contributed by atoms with E-state index in [-0.39, 0.29) is 11.5 Å². The van der Waals surface area contributed by atoms with Gasteiger partial charge in [0, 0.05) is 18.7 Å². The molecule has 0 bridgehead atoms. The number of hydrogen-bond donors (Lipinski definition) is 0. The number of carbonyl (C=O) groups excluding carboxylic acids is 1. The smallest absolute Gasteiger partial charge is 0.339 e. The number of esters is 1. The molecule has 3 aromatic rings. The lowest BCUT2D eigenvalue weighted by Gasteiger charge is -2.26. The van der Waals surface area contributed by atoms with Crippen molar-refractivity contribution in [3.8, 4) is 17.2 Å². The summed E-state index contributed by atoms with van der Waals surface area (Å²) in [6.07, 6.45) is 0. The molecule has 8 heteroatoms. The summed E-state index contributed by atoms with van der Waals surface area (Å²) in [7, 11) is -3.64. The third kappa shape index (κ3) is 4.96. The molecule has 0 spiro atoms. The Bertz CT molecular complexity index is 1310. The van der Waals surface area contributed by atoms with Crippen LogP contribution >= 0.6 is 0 Å². The van der Waals surface area contributed by atoms with Gasteiger partial charge in [0.15, 0.2) is 0 Å². The fourth-order valence-corrected chi connectivity index (χ4v) is 5.15. The lowest BCUT2D eigenvalue weighted by Crippen LogP contribution is -2.40. The molecule has 0 radical (unpaired) electrons. The van der Waals surface area contributed by atoms with Crippen molar-refractivity contribution in [2.24, 2.45) is 0 Å². The van der Waals surface area contributed by atoms with E-state index in [0.717, 1.165) is 0 Å². The number of rotatable bonds is 6. The molecule has 4 rings (SSSR count). The van der Waals surface area contributed by atoms with Crippen molar-refractivity contribution in [1.29, 1.82) is 5.26 Å². The average Bonchev–Trinajstić information content (AvgIpc) is 2.88. The third-order valence-electron chi connectivity index (χ3n) is 5.36. The van der Waals surface area contributed by atoms with E-state index in [4.69, 9.17) is 9.47 Å². The standard InChI is InChI=1S/C25H22N2O5S/c26-17-20-7-1-2-9-22(20)23-10-3-4-11-24(23)25(28)32-18-19-6-5-8-21(16-19)33(29,30)27-12-14-31-15-13-27/h1-11,16H,12-15,18H2. The average molecular weight is 463 g/mol. The minimum Gasteiger partial charge on any atom is -0.457 e. The van der Waals surface area contributed by atoms with Crippen LogP contribution in [0.25, 0.3) is 11.1 Å². The van der Waals surface area contributed by atoms with Gasteiger partial charge in [0.05, 0.1) is 35.3 Å². The molecule has 0 atom stereocenters. The Labute approximate surface area is 192 Å². The van der Waals surface area contributed by atoms with Crippen molar-refractivity contribution >= 4 is 16.0 Å². The highest BCUT2D eigenvalue weighted by Gasteiger charge is 2.26. The van der Waals surface area contributed by atoms with E-state index < -0.39 is 16.0 Å². The topological polar surface area (TPSA) is 96.7 Å². The summed E-state index contributed by atoms with van der Waals surface area (Å²) in [6.45, 7) is 1.26. The van der Waals surface area contributed by atoms with E-state index in [2.05, 4.69) is 6.07 Å². The first-order chi connectivity index (χ1) is 16.0. The zero-order chi connectivity index (χ0) is 23.3. The van der Waals surface area contributed by atoms with Crippen LogP contribution in [-0.4, -0.2) is 45.0 Å². The molecule has 1 heterocycles. The molecular weight excluding hydrogens is 440 g/mol. The van der Waals surface area contributed by atoms with Gasteiger partial charge >= 0.3 is 5.97 Å². The van der Waals surface area contributed by atoms with Crippen LogP contribution in [0.3, 0.4) is 0 Å². The molecule has 1 saturated heterocycles. The summed E-state index contributed by atoms with van der Waals surface area (Å²) >= 11 is 0. The minimum atomic E-state index is -3.64. The molecule has 1 aliphatic heterocycles. The Balaban J connectivity index is 1.53. The molecule has 7 nitrogen and oxygen atoms in total. The lowest BCUT2D eigenvalue weighted by molar-refractivity contribution is 0.0473. The predicted octanol–water partition coefficient (Wildman–Crippen LogP) is 3.60. The van der Waals surface area contributed by atoms with E-state index in [1.807, 2.05) is 0 Å². The Morgan fingerprint density at radius 1 is 0.970 bits per heavy atom. The molecule has 1 fully saturated rings. The van der Waals surface area contributed by atoms with Crippen LogP contribution in [0.1, 0.15) is 21.5 Å². The summed E-state index contributed by atoms with van der Waals surface area (Å²) in [5, 5.41) is 9.42. The fraction of sp³-hybridized carbons (Fsp3) is 0.200. The number of benzene rings is 3. The van der Waals surface area contributed by atoms with Gasteiger partial charge in [-0.05, 0) is 35.4 Å². The Hall–Kier alpha value is -3.51. The SMILES string of the molecule is N#Cc1ccccc1-c1ccccc1C(=O)OCc1cccc(S(=O)(=O)N2CCOCC2)c1. The van der Waals surface area contributed by atoms with Crippen LogP contribution in [0.4, 0.5) is 0 Å². The van der Waals surface area contributed by atoms with Gasteiger partial charge in [0.1, 0.15) is 6.61 Å². The molecule has 33 heavy (non-hydrogen) atoms. The minimum absolute atomic E-state index is 0.0838. The van der Waals surface area contributed by atoms with Crippen LogP contribution in [0.5, 0.6) is 0 Å². The molecule has 0 aromatic heterocycles. The van der Waals surface area contributed by atoms with Gasteiger partial charge in [0.2, 0.25) is 10.0 Å². The molecular formula is C25H22N2O5S. The summed E-state index contributed by atoms with van der Waals surface area (Å²) in [6, 6.07) is 22.5. The maximum absolute atomic E-state index is 12.9. The van der Waals surface area contributed by atoms with Gasteiger partial charge in [-0.25, -0.2) is 13.2 Å². The Morgan fingerprint density at radius 2 is 1.67 bits per heavy atom. The van der Waals surface area contributed by atoms with Crippen LogP contribution in [-0.2, 0) is 26.1 Å². The van der Waals surface area contributed by atoms with Gasteiger partial charge < -0.3 is 9.47 Å². The van der Waals surface area contributed by atoms with Gasteiger partial charge in [-0.3, -0.25) is 0 Å². The zero-order valence-corrected chi connectivity index (χ0v) is 18.6. The number of sulfonamides is 1. The summed E-state index contributed by atoms with van der Waals surface area (Å²) in [4.78, 5) is 13.0. The quantitative estimate of drug-likeness (QED) is 0.519. The summed E-state index contributed by atoms with van der Waals surface area (Å²) in [5.41, 5.74) is 2.60. The molecule has 0 saturated carbocycles. The first-order valence-corrected chi connectivity index (χ1v) is 11.9. The molecule has 0 unspecified atom stereocenters.